The van der Waals surface area contributed by atoms with Crippen molar-refractivity contribution in [2.24, 2.45) is 0 Å². The highest BCUT2D eigenvalue weighted by Gasteiger charge is 2.18. The zero-order valence-electron chi connectivity index (χ0n) is 13.1. The van der Waals surface area contributed by atoms with Crippen LogP contribution in [0.2, 0.25) is 0 Å². The van der Waals surface area contributed by atoms with Crippen LogP contribution in [-0.4, -0.2) is 6.03 Å². The van der Waals surface area contributed by atoms with Crippen LogP contribution in [0.5, 0.6) is 0 Å². The number of aryl methyl sites for hydroxylation is 1. The molecule has 0 saturated heterocycles. The maximum absolute atomic E-state index is 13.2. The Kier molecular flexibility index (Phi) is 4.91. The second-order valence-electron chi connectivity index (χ2n) is 5.47. The average molecular weight is 340 g/mol. The fraction of sp³-hybridized carbons (Fsp3) is 0.105. The molecule has 3 aromatic rings. The summed E-state index contributed by atoms with van der Waals surface area (Å²) in [6.45, 7) is 1.97. The molecule has 24 heavy (non-hydrogen) atoms. The number of rotatable bonds is 4. The van der Waals surface area contributed by atoms with Gasteiger partial charge in [-0.15, -0.1) is 11.3 Å². The van der Waals surface area contributed by atoms with Crippen molar-refractivity contribution in [1.82, 2.24) is 5.32 Å². The Balaban J connectivity index is 1.79. The largest absolute Gasteiger partial charge is 0.326 e. The molecule has 0 unspecified atom stereocenters. The van der Waals surface area contributed by atoms with Crippen molar-refractivity contribution in [2.45, 2.75) is 13.0 Å². The molecule has 0 aliphatic heterocycles. The van der Waals surface area contributed by atoms with E-state index in [1.54, 1.807) is 23.5 Å². The van der Waals surface area contributed by atoms with Crippen LogP contribution < -0.4 is 10.6 Å². The number of hydrogen-bond donors (Lipinski definition) is 2. The molecule has 0 saturated carbocycles. The Morgan fingerprint density at radius 1 is 1.08 bits per heavy atom. The molecule has 3 nitrogen and oxygen atoms in total. The maximum atomic E-state index is 13.2. The second kappa shape index (κ2) is 7.27. The topological polar surface area (TPSA) is 41.1 Å². The number of nitrogens with one attached hydrogen (secondary N) is 2. The summed E-state index contributed by atoms with van der Waals surface area (Å²) >= 11 is 1.54. The van der Waals surface area contributed by atoms with Crippen molar-refractivity contribution in [1.29, 1.82) is 0 Å². The molecule has 122 valence electrons. The van der Waals surface area contributed by atoms with Gasteiger partial charge in [-0.3, -0.25) is 0 Å². The van der Waals surface area contributed by atoms with E-state index < -0.39 is 0 Å². The lowest BCUT2D eigenvalue weighted by molar-refractivity contribution is 0.250. The Morgan fingerprint density at radius 3 is 2.54 bits per heavy atom. The summed E-state index contributed by atoms with van der Waals surface area (Å²) in [5.41, 5.74) is 2.64. The first-order valence-corrected chi connectivity index (χ1v) is 8.43. The molecular weight excluding hydrogens is 323 g/mol. The third-order valence-electron chi connectivity index (χ3n) is 3.58. The van der Waals surface area contributed by atoms with Crippen molar-refractivity contribution in [2.75, 3.05) is 5.32 Å². The van der Waals surface area contributed by atoms with Gasteiger partial charge in [0.25, 0.3) is 0 Å². The molecule has 0 aliphatic carbocycles. The van der Waals surface area contributed by atoms with Crippen molar-refractivity contribution < 1.29 is 9.18 Å². The second-order valence-corrected chi connectivity index (χ2v) is 6.45. The van der Waals surface area contributed by atoms with Crippen LogP contribution in [-0.2, 0) is 0 Å². The first-order chi connectivity index (χ1) is 11.6. The van der Waals surface area contributed by atoms with Gasteiger partial charge in [0.05, 0.1) is 6.04 Å². The van der Waals surface area contributed by atoms with Crippen LogP contribution in [0.1, 0.15) is 22.0 Å². The van der Waals surface area contributed by atoms with E-state index in [1.807, 2.05) is 48.7 Å². The van der Waals surface area contributed by atoms with Gasteiger partial charge in [-0.05, 0) is 53.8 Å². The third-order valence-corrected chi connectivity index (χ3v) is 4.52. The van der Waals surface area contributed by atoms with Gasteiger partial charge in [-0.1, -0.05) is 30.3 Å². The maximum Gasteiger partial charge on any atom is 0.320 e. The summed E-state index contributed by atoms with van der Waals surface area (Å²) in [4.78, 5) is 13.4. The van der Waals surface area contributed by atoms with Crippen molar-refractivity contribution in [3.05, 3.63) is 87.9 Å². The summed E-state index contributed by atoms with van der Waals surface area (Å²) in [5, 5.41) is 7.75. The average Bonchev–Trinajstić information content (AvgIpc) is 3.08. The first kappa shape index (κ1) is 16.2. The van der Waals surface area contributed by atoms with Crippen molar-refractivity contribution in [3.63, 3.8) is 0 Å². The quantitative estimate of drug-likeness (QED) is 0.681. The van der Waals surface area contributed by atoms with Crippen LogP contribution >= 0.6 is 11.3 Å². The number of benzene rings is 2. The van der Waals surface area contributed by atoms with Gasteiger partial charge in [0, 0.05) is 10.6 Å². The van der Waals surface area contributed by atoms with Crippen molar-refractivity contribution >= 4 is 23.1 Å². The molecule has 5 heteroatoms. The number of hydrogen-bond acceptors (Lipinski definition) is 2. The summed E-state index contributed by atoms with van der Waals surface area (Å²) in [7, 11) is 0. The minimum Gasteiger partial charge on any atom is -0.326 e. The van der Waals surface area contributed by atoms with Gasteiger partial charge >= 0.3 is 6.03 Å². The van der Waals surface area contributed by atoms with Crippen LogP contribution in [0, 0.1) is 12.7 Å². The van der Waals surface area contributed by atoms with Gasteiger partial charge in [-0.2, -0.15) is 0 Å². The monoisotopic (exact) mass is 340 g/mol. The number of amides is 2. The van der Waals surface area contributed by atoms with E-state index in [2.05, 4.69) is 10.6 Å². The molecule has 1 heterocycles. The van der Waals surface area contributed by atoms with E-state index in [1.165, 1.54) is 12.1 Å². The Labute approximate surface area is 144 Å². The number of anilines is 1. The number of carbonyl (C=O) groups is 1. The van der Waals surface area contributed by atoms with E-state index in [0.717, 1.165) is 21.7 Å². The molecule has 2 aromatic carbocycles. The standard InChI is InChI=1S/C19H17FN2OS/c1-13-4-2-5-16(12-13)21-19(23)22-18(17-6-3-11-24-17)14-7-9-15(20)10-8-14/h2-12,18H,1H3,(H2,21,22,23)/t18-/m1/s1. The third kappa shape index (κ3) is 4.00. The Morgan fingerprint density at radius 2 is 1.88 bits per heavy atom. The highest BCUT2D eigenvalue weighted by atomic mass is 32.1. The molecule has 2 N–H and O–H groups in total. The van der Waals surface area contributed by atoms with E-state index in [0.29, 0.717) is 0 Å². The van der Waals surface area contributed by atoms with Gasteiger partial charge < -0.3 is 10.6 Å². The summed E-state index contributed by atoms with van der Waals surface area (Å²) in [5.74, 6) is -0.298. The fourth-order valence-electron chi connectivity index (χ4n) is 2.45. The van der Waals surface area contributed by atoms with Crippen LogP contribution in [0.3, 0.4) is 0 Å². The van der Waals surface area contributed by atoms with E-state index in [-0.39, 0.29) is 17.9 Å². The Hall–Kier alpha value is -2.66. The van der Waals surface area contributed by atoms with Crippen LogP contribution in [0.4, 0.5) is 14.9 Å². The lowest BCUT2D eigenvalue weighted by Gasteiger charge is -2.18. The van der Waals surface area contributed by atoms with Gasteiger partial charge in [-0.25, -0.2) is 9.18 Å². The first-order valence-electron chi connectivity index (χ1n) is 7.55. The van der Waals surface area contributed by atoms with E-state index in [4.69, 9.17) is 0 Å². The van der Waals surface area contributed by atoms with Gasteiger partial charge in [0.1, 0.15) is 5.82 Å². The van der Waals surface area contributed by atoms with Crippen LogP contribution in [0.25, 0.3) is 0 Å². The SMILES string of the molecule is Cc1cccc(NC(=O)N[C@H](c2ccc(F)cc2)c2cccs2)c1. The smallest absolute Gasteiger partial charge is 0.320 e. The zero-order valence-corrected chi connectivity index (χ0v) is 13.9. The molecule has 1 aromatic heterocycles. The zero-order chi connectivity index (χ0) is 16.9. The minimum absolute atomic E-state index is 0.298. The minimum atomic E-state index is -0.324. The highest BCUT2D eigenvalue weighted by molar-refractivity contribution is 7.10. The predicted molar refractivity (Wildman–Crippen MR) is 95.9 cm³/mol. The summed E-state index contributed by atoms with van der Waals surface area (Å²) < 4.78 is 13.2. The number of carbonyl (C=O) groups excluding carboxylic acids is 1. The number of urea groups is 1. The predicted octanol–water partition coefficient (Wildman–Crippen LogP) is 5.11. The molecule has 1 atom stereocenters. The fourth-order valence-corrected chi connectivity index (χ4v) is 3.25. The van der Waals surface area contributed by atoms with Crippen LogP contribution in [0.15, 0.2) is 66.0 Å². The summed E-state index contributed by atoms with van der Waals surface area (Å²) in [6, 6.07) is 17.0. The molecule has 0 spiro atoms. The highest BCUT2D eigenvalue weighted by Crippen LogP contribution is 2.26. The molecule has 0 radical (unpaired) electrons. The normalized spacial score (nSPS) is 11.8. The molecule has 0 bridgehead atoms. The molecule has 3 rings (SSSR count). The van der Waals surface area contributed by atoms with Gasteiger partial charge in [0.15, 0.2) is 0 Å². The molecule has 0 aliphatic rings. The van der Waals surface area contributed by atoms with E-state index in [9.17, 15) is 9.18 Å². The number of thiophene rings is 1. The summed E-state index contributed by atoms with van der Waals surface area (Å²) in [6.07, 6.45) is 0. The number of halogens is 1. The lowest BCUT2D eigenvalue weighted by Crippen LogP contribution is -2.32. The Bertz CT molecular complexity index is 816. The van der Waals surface area contributed by atoms with Gasteiger partial charge in [0.2, 0.25) is 0 Å². The molecule has 2 amide bonds. The van der Waals surface area contributed by atoms with E-state index >= 15 is 0 Å². The lowest BCUT2D eigenvalue weighted by atomic mass is 10.1. The molecular formula is C19H17FN2OS. The molecule has 0 fully saturated rings. The van der Waals surface area contributed by atoms with Crippen molar-refractivity contribution in [3.8, 4) is 0 Å².